The fraction of sp³-hybridized carbons (Fsp3) is 0.571. The Kier molecular flexibility index (Phi) is 4.49. The van der Waals surface area contributed by atoms with Crippen molar-refractivity contribution in [3.8, 4) is 12.1 Å². The van der Waals surface area contributed by atoms with Gasteiger partial charge in [0.05, 0.1) is 23.8 Å². The average Bonchev–Trinajstić information content (AvgIpc) is 2.45. The molecule has 1 aromatic heterocycles. The molecular formula is C14H17N5O. The summed E-state index contributed by atoms with van der Waals surface area (Å²) in [5.41, 5.74) is 1.82. The van der Waals surface area contributed by atoms with Gasteiger partial charge in [-0.2, -0.15) is 15.6 Å². The van der Waals surface area contributed by atoms with Crippen LogP contribution in [0.15, 0.2) is 10.9 Å². The van der Waals surface area contributed by atoms with Crippen molar-refractivity contribution in [2.45, 2.75) is 25.8 Å². The van der Waals surface area contributed by atoms with Gasteiger partial charge in [0.1, 0.15) is 0 Å². The molecule has 1 aromatic rings. The molecule has 0 radical (unpaired) electrons. The predicted octanol–water partition coefficient (Wildman–Crippen LogP) is 0.582. The minimum atomic E-state index is -0.129. The molecule has 0 unspecified atom stereocenters. The molecule has 6 nitrogen and oxygen atoms in total. The van der Waals surface area contributed by atoms with Gasteiger partial charge in [-0.3, -0.25) is 9.69 Å². The smallest absolute Gasteiger partial charge is 0.266 e. The Hall–Kier alpha value is -2.18. The van der Waals surface area contributed by atoms with Crippen LogP contribution in [-0.2, 0) is 20.0 Å². The summed E-state index contributed by atoms with van der Waals surface area (Å²) in [6.45, 7) is 2.14. The molecule has 0 fully saturated rings. The number of nitrogens with zero attached hydrogens (tertiary/aromatic N) is 5. The third-order valence-electron chi connectivity index (χ3n) is 3.58. The van der Waals surface area contributed by atoms with E-state index in [9.17, 15) is 4.79 Å². The number of hydrogen-bond acceptors (Lipinski definition) is 5. The molecule has 0 aliphatic carbocycles. The lowest BCUT2D eigenvalue weighted by atomic mass is 10.0. The fourth-order valence-electron chi connectivity index (χ4n) is 2.45. The zero-order valence-electron chi connectivity index (χ0n) is 11.5. The van der Waals surface area contributed by atoms with Gasteiger partial charge < -0.3 is 0 Å². The van der Waals surface area contributed by atoms with Crippen LogP contribution in [0.25, 0.3) is 0 Å². The summed E-state index contributed by atoms with van der Waals surface area (Å²) in [6, 6.07) is 5.96. The van der Waals surface area contributed by atoms with E-state index >= 15 is 0 Å². The van der Waals surface area contributed by atoms with Gasteiger partial charge in [0.15, 0.2) is 0 Å². The van der Waals surface area contributed by atoms with Crippen molar-refractivity contribution in [2.75, 3.05) is 13.1 Å². The Labute approximate surface area is 117 Å². The van der Waals surface area contributed by atoms with Crippen molar-refractivity contribution >= 4 is 0 Å². The largest absolute Gasteiger partial charge is 0.297 e. The molecule has 0 amide bonds. The molecule has 1 atom stereocenters. The maximum atomic E-state index is 11.6. The van der Waals surface area contributed by atoms with Gasteiger partial charge >= 0.3 is 0 Å². The molecule has 2 rings (SSSR count). The zero-order chi connectivity index (χ0) is 14.5. The summed E-state index contributed by atoms with van der Waals surface area (Å²) in [6.07, 6.45) is 1.80. The van der Waals surface area contributed by atoms with Crippen LogP contribution in [0.3, 0.4) is 0 Å². The van der Waals surface area contributed by atoms with Gasteiger partial charge in [0.25, 0.3) is 5.56 Å². The van der Waals surface area contributed by atoms with E-state index in [4.69, 9.17) is 10.5 Å². The second kappa shape index (κ2) is 6.31. The quantitative estimate of drug-likeness (QED) is 0.799. The summed E-state index contributed by atoms with van der Waals surface area (Å²) in [4.78, 5) is 13.8. The Morgan fingerprint density at radius 3 is 3.00 bits per heavy atom. The monoisotopic (exact) mass is 271 g/mol. The molecule has 104 valence electrons. The van der Waals surface area contributed by atoms with Gasteiger partial charge in [-0.25, -0.2) is 4.68 Å². The predicted molar refractivity (Wildman–Crippen MR) is 72.4 cm³/mol. The summed E-state index contributed by atoms with van der Waals surface area (Å²) >= 11 is 0. The van der Waals surface area contributed by atoms with Crippen LogP contribution in [0.5, 0.6) is 0 Å². The number of aryl methyl sites for hydroxylation is 1. The normalized spacial score (nSPS) is 15.9. The van der Waals surface area contributed by atoms with Gasteiger partial charge in [-0.15, -0.1) is 0 Å². The van der Waals surface area contributed by atoms with Crippen molar-refractivity contribution < 1.29 is 0 Å². The summed E-state index contributed by atoms with van der Waals surface area (Å²) in [7, 11) is 1.66. The van der Waals surface area contributed by atoms with Crippen molar-refractivity contribution in [3.63, 3.8) is 0 Å². The topological polar surface area (TPSA) is 85.7 Å². The van der Waals surface area contributed by atoms with Gasteiger partial charge in [0, 0.05) is 45.6 Å². The minimum absolute atomic E-state index is 0.105. The molecule has 2 heterocycles. The van der Waals surface area contributed by atoms with Crippen LogP contribution >= 0.6 is 0 Å². The first kappa shape index (κ1) is 14.2. The van der Waals surface area contributed by atoms with E-state index in [-0.39, 0.29) is 11.5 Å². The molecule has 0 saturated carbocycles. The molecule has 1 aliphatic rings. The summed E-state index contributed by atoms with van der Waals surface area (Å²) in [5, 5.41) is 22.0. The Balaban J connectivity index is 2.04. The van der Waals surface area contributed by atoms with E-state index in [0.29, 0.717) is 25.9 Å². The van der Waals surface area contributed by atoms with Crippen molar-refractivity contribution in [1.82, 2.24) is 14.7 Å². The van der Waals surface area contributed by atoms with Gasteiger partial charge in [-0.05, 0) is 12.0 Å². The van der Waals surface area contributed by atoms with E-state index in [2.05, 4.69) is 22.1 Å². The second-order valence-corrected chi connectivity index (χ2v) is 5.09. The number of rotatable bonds is 4. The van der Waals surface area contributed by atoms with Crippen LogP contribution in [0.1, 0.15) is 24.1 Å². The lowest BCUT2D eigenvalue weighted by molar-refractivity contribution is 0.225. The maximum absolute atomic E-state index is 11.6. The lowest BCUT2D eigenvalue weighted by Gasteiger charge is -2.29. The molecule has 6 heteroatoms. The van der Waals surface area contributed by atoms with Crippen molar-refractivity contribution in [1.29, 1.82) is 10.5 Å². The lowest BCUT2D eigenvalue weighted by Crippen LogP contribution is -2.36. The number of hydrogen-bond donors (Lipinski definition) is 0. The van der Waals surface area contributed by atoms with E-state index in [1.165, 1.54) is 4.68 Å². The Morgan fingerprint density at radius 1 is 1.50 bits per heavy atom. The zero-order valence-corrected chi connectivity index (χ0v) is 11.5. The first-order valence-electron chi connectivity index (χ1n) is 6.69. The molecule has 0 N–H and O–H groups in total. The third-order valence-corrected chi connectivity index (χ3v) is 3.58. The van der Waals surface area contributed by atoms with Crippen LogP contribution in [0.2, 0.25) is 0 Å². The second-order valence-electron chi connectivity index (χ2n) is 5.09. The van der Waals surface area contributed by atoms with Crippen LogP contribution in [0, 0.1) is 28.6 Å². The summed E-state index contributed by atoms with van der Waals surface area (Å²) in [5.74, 6) is -0.129. The van der Waals surface area contributed by atoms with Crippen LogP contribution < -0.4 is 5.56 Å². The molecular weight excluding hydrogens is 254 g/mol. The van der Waals surface area contributed by atoms with E-state index in [1.807, 2.05) is 0 Å². The van der Waals surface area contributed by atoms with Gasteiger partial charge in [-0.1, -0.05) is 0 Å². The van der Waals surface area contributed by atoms with E-state index in [1.54, 1.807) is 13.1 Å². The standard InChI is InChI=1S/C14H17N5O/c1-18-14(20)7-12-10-19(6-4-13(12)17-18)9-11(8-16)3-2-5-15/h7,11H,2-4,6,9-10H2,1H3/t11-/m1/s1. The van der Waals surface area contributed by atoms with Crippen LogP contribution in [-0.4, -0.2) is 27.8 Å². The summed E-state index contributed by atoms with van der Waals surface area (Å²) < 4.78 is 1.36. The van der Waals surface area contributed by atoms with E-state index in [0.717, 1.165) is 24.2 Å². The molecule has 0 aromatic carbocycles. The van der Waals surface area contributed by atoms with Crippen molar-refractivity contribution in [3.05, 3.63) is 27.7 Å². The average molecular weight is 271 g/mol. The Bertz CT molecular complexity index is 622. The highest BCUT2D eigenvalue weighted by atomic mass is 16.1. The molecule has 20 heavy (non-hydrogen) atoms. The molecule has 0 spiro atoms. The van der Waals surface area contributed by atoms with Crippen molar-refractivity contribution in [2.24, 2.45) is 13.0 Å². The third kappa shape index (κ3) is 3.23. The highest BCUT2D eigenvalue weighted by Crippen LogP contribution is 2.17. The van der Waals surface area contributed by atoms with E-state index < -0.39 is 0 Å². The maximum Gasteiger partial charge on any atom is 0.266 e. The number of nitriles is 2. The van der Waals surface area contributed by atoms with Crippen LogP contribution in [0.4, 0.5) is 0 Å². The highest BCUT2D eigenvalue weighted by molar-refractivity contribution is 5.20. The first-order chi connectivity index (χ1) is 9.63. The molecule has 0 bridgehead atoms. The Morgan fingerprint density at radius 2 is 2.30 bits per heavy atom. The minimum Gasteiger partial charge on any atom is -0.297 e. The number of fused-ring (bicyclic) bond motifs is 1. The SMILES string of the molecule is Cn1nc2c(cc1=O)CN(C[C@@H](C#N)CCC#N)CC2. The molecule has 1 aliphatic heterocycles. The number of aromatic nitrogens is 2. The highest BCUT2D eigenvalue weighted by Gasteiger charge is 2.21. The fourth-order valence-corrected chi connectivity index (χ4v) is 2.45. The first-order valence-corrected chi connectivity index (χ1v) is 6.69. The molecule has 0 saturated heterocycles. The van der Waals surface area contributed by atoms with Gasteiger partial charge in [0.2, 0.25) is 0 Å².